The van der Waals surface area contributed by atoms with E-state index in [4.69, 9.17) is 4.42 Å². The number of nitrogens with zero attached hydrogens (tertiary/aromatic N) is 3. The molecule has 0 radical (unpaired) electrons. The van der Waals surface area contributed by atoms with Crippen LogP contribution in [0.3, 0.4) is 0 Å². The summed E-state index contributed by atoms with van der Waals surface area (Å²) in [7, 11) is 1.22. The quantitative estimate of drug-likeness (QED) is 0.632. The number of fused-ring (bicyclic) bond motifs is 1. The normalized spacial score (nSPS) is 10.5. The first-order valence-corrected chi connectivity index (χ1v) is 6.71. The third kappa shape index (κ3) is 3.40. The van der Waals surface area contributed by atoms with Gasteiger partial charge in [-0.25, -0.2) is 14.3 Å². The molecule has 3 rings (SSSR count). The fourth-order valence-corrected chi connectivity index (χ4v) is 1.96. The Morgan fingerprint density at radius 3 is 3.00 bits per heavy atom. The van der Waals surface area contributed by atoms with E-state index in [2.05, 4.69) is 30.7 Å². The van der Waals surface area contributed by atoms with Crippen molar-refractivity contribution in [1.82, 2.24) is 20.0 Å². The van der Waals surface area contributed by atoms with Crippen LogP contribution >= 0.6 is 0 Å². The molecule has 0 fully saturated rings. The molecule has 1 aromatic carbocycles. The van der Waals surface area contributed by atoms with E-state index in [0.29, 0.717) is 16.8 Å². The topological polar surface area (TPSA) is 144 Å². The molecule has 0 saturated heterocycles. The number of methoxy groups -OCH3 is 1. The number of anilines is 2. The molecule has 0 aliphatic carbocycles. The molecule has 2 aromatic heterocycles. The van der Waals surface area contributed by atoms with E-state index in [-0.39, 0.29) is 18.3 Å². The number of aromatic amines is 1. The standard InChI is InChI=1S/C13H12N6O5/c1-23-12(21)16-10-5-19(18-17-10)6-11(20)14-7-2-3-8-9(4-7)24-13(22)15-8/h2-5H,6H2,1H3,(H,14,20)(H,15,22)(H,16,21). The SMILES string of the molecule is COC(=O)Nc1cn(CC(=O)Nc2ccc3[nH]c(=O)oc3c2)nn1. The summed E-state index contributed by atoms with van der Waals surface area (Å²) in [5, 5.41) is 12.3. The van der Waals surface area contributed by atoms with E-state index in [1.807, 2.05) is 0 Å². The molecule has 11 nitrogen and oxygen atoms in total. The van der Waals surface area contributed by atoms with Gasteiger partial charge in [0.2, 0.25) is 5.91 Å². The van der Waals surface area contributed by atoms with Crippen LogP contribution in [0, 0.1) is 0 Å². The molecule has 24 heavy (non-hydrogen) atoms. The molecular formula is C13H12N6O5. The Bertz CT molecular complexity index is 955. The van der Waals surface area contributed by atoms with Crippen molar-refractivity contribution in [3.8, 4) is 0 Å². The zero-order valence-corrected chi connectivity index (χ0v) is 12.4. The number of hydrogen-bond donors (Lipinski definition) is 3. The van der Waals surface area contributed by atoms with Gasteiger partial charge in [-0.15, -0.1) is 5.10 Å². The summed E-state index contributed by atoms with van der Waals surface area (Å²) in [5.41, 5.74) is 1.33. The Morgan fingerprint density at radius 2 is 2.21 bits per heavy atom. The smallest absolute Gasteiger partial charge is 0.417 e. The van der Waals surface area contributed by atoms with Gasteiger partial charge in [0.15, 0.2) is 11.4 Å². The first kappa shape index (κ1) is 15.3. The van der Waals surface area contributed by atoms with E-state index in [1.165, 1.54) is 24.1 Å². The summed E-state index contributed by atoms with van der Waals surface area (Å²) in [6.07, 6.45) is 0.693. The average molecular weight is 332 g/mol. The van der Waals surface area contributed by atoms with Gasteiger partial charge in [0.05, 0.1) is 18.8 Å². The van der Waals surface area contributed by atoms with Crippen molar-refractivity contribution < 1.29 is 18.7 Å². The Labute approximate surface area is 133 Å². The van der Waals surface area contributed by atoms with Gasteiger partial charge in [0, 0.05) is 11.8 Å². The Kier molecular flexibility index (Phi) is 3.97. The molecule has 2 amide bonds. The Balaban J connectivity index is 1.64. The van der Waals surface area contributed by atoms with Gasteiger partial charge in [-0.1, -0.05) is 5.21 Å². The number of benzene rings is 1. The van der Waals surface area contributed by atoms with Crippen molar-refractivity contribution in [3.63, 3.8) is 0 Å². The molecule has 11 heteroatoms. The maximum atomic E-state index is 12.0. The second kappa shape index (κ2) is 6.24. The van der Waals surface area contributed by atoms with Crippen LogP contribution in [0.2, 0.25) is 0 Å². The van der Waals surface area contributed by atoms with Crippen molar-refractivity contribution in [1.29, 1.82) is 0 Å². The molecule has 3 aromatic rings. The molecule has 0 spiro atoms. The second-order valence-corrected chi connectivity index (χ2v) is 4.69. The number of oxazole rings is 1. The van der Waals surface area contributed by atoms with Crippen LogP contribution in [-0.2, 0) is 16.1 Å². The lowest BCUT2D eigenvalue weighted by Gasteiger charge is -2.04. The van der Waals surface area contributed by atoms with Crippen LogP contribution in [0.15, 0.2) is 33.6 Å². The summed E-state index contributed by atoms with van der Waals surface area (Å²) in [4.78, 5) is 36.6. The average Bonchev–Trinajstić information content (AvgIpc) is 3.11. The van der Waals surface area contributed by atoms with Crippen LogP contribution in [0.4, 0.5) is 16.3 Å². The van der Waals surface area contributed by atoms with E-state index >= 15 is 0 Å². The number of nitrogens with one attached hydrogen (secondary N) is 3. The van der Waals surface area contributed by atoms with Crippen molar-refractivity contribution in [2.24, 2.45) is 0 Å². The highest BCUT2D eigenvalue weighted by atomic mass is 16.5. The zero-order chi connectivity index (χ0) is 17.1. The lowest BCUT2D eigenvalue weighted by atomic mass is 10.3. The Hall–Kier alpha value is -3.63. The number of H-pyrrole nitrogens is 1. The van der Waals surface area contributed by atoms with E-state index in [9.17, 15) is 14.4 Å². The number of aromatic nitrogens is 4. The highest BCUT2D eigenvalue weighted by Gasteiger charge is 2.10. The summed E-state index contributed by atoms with van der Waals surface area (Å²) in [5.74, 6) is -0.784. The van der Waals surface area contributed by atoms with Crippen LogP contribution in [-0.4, -0.2) is 39.1 Å². The fourth-order valence-electron chi connectivity index (χ4n) is 1.96. The van der Waals surface area contributed by atoms with E-state index < -0.39 is 11.8 Å². The molecule has 0 aliphatic heterocycles. The van der Waals surface area contributed by atoms with E-state index in [0.717, 1.165) is 0 Å². The maximum absolute atomic E-state index is 12.0. The van der Waals surface area contributed by atoms with Crippen molar-refractivity contribution in [3.05, 3.63) is 34.9 Å². The summed E-state index contributed by atoms with van der Waals surface area (Å²) < 4.78 is 10.6. The Morgan fingerprint density at radius 1 is 1.38 bits per heavy atom. The molecule has 124 valence electrons. The minimum atomic E-state index is -0.687. The maximum Gasteiger partial charge on any atom is 0.417 e. The summed E-state index contributed by atoms with van der Waals surface area (Å²) >= 11 is 0. The van der Waals surface area contributed by atoms with Crippen LogP contribution < -0.4 is 16.4 Å². The molecule has 2 heterocycles. The van der Waals surface area contributed by atoms with Crippen molar-refractivity contribution in [2.45, 2.75) is 6.54 Å². The van der Waals surface area contributed by atoms with Gasteiger partial charge in [0.25, 0.3) is 0 Å². The van der Waals surface area contributed by atoms with Gasteiger partial charge in [-0.05, 0) is 12.1 Å². The third-order valence-electron chi connectivity index (χ3n) is 2.96. The molecule has 0 atom stereocenters. The number of hydrogen-bond acceptors (Lipinski definition) is 7. The molecule has 0 unspecified atom stereocenters. The third-order valence-corrected chi connectivity index (χ3v) is 2.96. The molecule has 0 bridgehead atoms. The first-order chi connectivity index (χ1) is 11.5. The number of ether oxygens (including phenoxy) is 1. The number of amides is 2. The van der Waals surface area contributed by atoms with Gasteiger partial charge in [-0.3, -0.25) is 15.1 Å². The highest BCUT2D eigenvalue weighted by molar-refractivity contribution is 5.92. The van der Waals surface area contributed by atoms with Gasteiger partial charge in [-0.2, -0.15) is 0 Å². The summed E-state index contributed by atoms with van der Waals surface area (Å²) in [6.45, 7) is -0.120. The fraction of sp³-hybridized carbons (Fsp3) is 0.154. The molecule has 0 aliphatic rings. The van der Waals surface area contributed by atoms with Gasteiger partial charge in [0.1, 0.15) is 6.54 Å². The lowest BCUT2D eigenvalue weighted by molar-refractivity contribution is -0.116. The molecular weight excluding hydrogens is 320 g/mol. The monoisotopic (exact) mass is 332 g/mol. The minimum absolute atomic E-state index is 0.120. The lowest BCUT2D eigenvalue weighted by Crippen LogP contribution is -2.19. The van der Waals surface area contributed by atoms with Crippen LogP contribution in [0.5, 0.6) is 0 Å². The predicted octanol–water partition coefficient (Wildman–Crippen LogP) is 0.530. The van der Waals surface area contributed by atoms with Crippen LogP contribution in [0.1, 0.15) is 0 Å². The van der Waals surface area contributed by atoms with Gasteiger partial charge < -0.3 is 14.5 Å². The zero-order valence-electron chi connectivity index (χ0n) is 12.4. The first-order valence-electron chi connectivity index (χ1n) is 6.71. The highest BCUT2D eigenvalue weighted by Crippen LogP contribution is 2.16. The number of rotatable bonds is 4. The molecule has 0 saturated carbocycles. The van der Waals surface area contributed by atoms with E-state index in [1.54, 1.807) is 12.1 Å². The minimum Gasteiger partial charge on any atom is -0.453 e. The van der Waals surface area contributed by atoms with Crippen molar-refractivity contribution >= 4 is 34.6 Å². The molecule has 3 N–H and O–H groups in total. The summed E-state index contributed by atoms with van der Waals surface area (Å²) in [6, 6.07) is 4.76. The predicted molar refractivity (Wildman–Crippen MR) is 81.5 cm³/mol. The van der Waals surface area contributed by atoms with Crippen LogP contribution in [0.25, 0.3) is 11.1 Å². The van der Waals surface area contributed by atoms with Gasteiger partial charge >= 0.3 is 11.8 Å². The number of carbonyl (C=O) groups excluding carboxylic acids is 2. The van der Waals surface area contributed by atoms with Crippen molar-refractivity contribution in [2.75, 3.05) is 17.7 Å². The largest absolute Gasteiger partial charge is 0.453 e. The second-order valence-electron chi connectivity index (χ2n) is 4.69. The number of carbonyl (C=O) groups is 2.